The molecule has 0 heterocycles. The second-order valence-corrected chi connectivity index (χ2v) is 9.68. The van der Waals surface area contributed by atoms with Gasteiger partial charge in [-0.2, -0.15) is 0 Å². The normalized spacial score (nSPS) is 12.4. The summed E-state index contributed by atoms with van der Waals surface area (Å²) in [6.07, 6.45) is 0. The lowest BCUT2D eigenvalue weighted by molar-refractivity contribution is -0.136. The van der Waals surface area contributed by atoms with Crippen LogP contribution in [-0.2, 0) is 20.9 Å². The fourth-order valence-electron chi connectivity index (χ4n) is 4.60. The average molecular weight is 536 g/mol. The molecule has 0 aliphatic rings. The molecule has 204 valence electrons. The third-order valence-corrected chi connectivity index (χ3v) is 6.75. The van der Waals surface area contributed by atoms with Gasteiger partial charge in [-0.3, -0.25) is 14.4 Å². The number of benzene rings is 4. The lowest BCUT2D eigenvalue weighted by atomic mass is 9.90. The lowest BCUT2D eigenvalue weighted by Crippen LogP contribution is -2.43. The maximum absolute atomic E-state index is 13.9. The first kappa shape index (κ1) is 28.1. The van der Waals surface area contributed by atoms with Crippen LogP contribution in [0, 0.1) is 0 Å². The number of carbonyl (C=O) groups is 3. The van der Waals surface area contributed by atoms with Gasteiger partial charge in [0.1, 0.15) is 12.1 Å². The molecule has 40 heavy (non-hydrogen) atoms. The number of hydrogen-bond donors (Lipinski definition) is 4. The van der Waals surface area contributed by atoms with E-state index in [4.69, 9.17) is 17.2 Å². The van der Waals surface area contributed by atoms with E-state index >= 15 is 0 Å². The Morgan fingerprint density at radius 3 is 1.82 bits per heavy atom. The molecule has 4 aromatic carbocycles. The third kappa shape index (κ3) is 6.73. The highest BCUT2D eigenvalue weighted by Crippen LogP contribution is 2.27. The van der Waals surface area contributed by atoms with Gasteiger partial charge in [0.2, 0.25) is 17.7 Å². The number of hydrogen-bond acceptors (Lipinski definition) is 5. The average Bonchev–Trinajstić information content (AvgIpc) is 2.96. The SMILES string of the molecule is CN(Cc1ccc(C(N)C(N)=O)cc1)C(=O)C(NC(=O)C(c1ccccc1)c1ccccc1)c1cccc(N)c1. The van der Waals surface area contributed by atoms with Crippen LogP contribution >= 0.6 is 0 Å². The van der Waals surface area contributed by atoms with Crippen molar-refractivity contribution in [2.75, 3.05) is 12.8 Å². The maximum Gasteiger partial charge on any atom is 0.249 e. The molecular formula is C32H33N5O3. The second kappa shape index (κ2) is 12.7. The van der Waals surface area contributed by atoms with Gasteiger partial charge in [0.05, 0.1) is 5.92 Å². The van der Waals surface area contributed by atoms with E-state index in [2.05, 4.69) is 5.32 Å². The summed E-state index contributed by atoms with van der Waals surface area (Å²) in [5.41, 5.74) is 21.3. The quantitative estimate of drug-likeness (QED) is 0.230. The van der Waals surface area contributed by atoms with Crippen molar-refractivity contribution >= 4 is 23.4 Å². The van der Waals surface area contributed by atoms with Gasteiger partial charge < -0.3 is 27.4 Å². The van der Waals surface area contributed by atoms with Crippen molar-refractivity contribution in [1.82, 2.24) is 10.2 Å². The standard InChI is InChI=1S/C32H33N5O3/c1-37(20-21-15-17-24(18-16-21)28(34)30(35)38)32(40)29(25-13-8-14-26(33)19-25)36-31(39)27(22-9-4-2-5-10-22)23-11-6-3-7-12-23/h2-19,27-29H,20,33-34H2,1H3,(H2,35,38)(H,36,39). The lowest BCUT2D eigenvalue weighted by Gasteiger charge is -2.27. The number of rotatable bonds is 10. The Kier molecular flexibility index (Phi) is 8.93. The van der Waals surface area contributed by atoms with Crippen molar-refractivity contribution in [3.63, 3.8) is 0 Å². The van der Waals surface area contributed by atoms with Crippen LogP contribution in [0.1, 0.15) is 45.8 Å². The molecule has 0 spiro atoms. The van der Waals surface area contributed by atoms with E-state index in [1.54, 1.807) is 55.6 Å². The Morgan fingerprint density at radius 2 is 1.30 bits per heavy atom. The van der Waals surface area contributed by atoms with Crippen molar-refractivity contribution in [3.05, 3.63) is 137 Å². The Balaban J connectivity index is 1.61. The molecule has 4 rings (SSSR count). The summed E-state index contributed by atoms with van der Waals surface area (Å²) in [6.45, 7) is 0.264. The summed E-state index contributed by atoms with van der Waals surface area (Å²) in [4.78, 5) is 40.7. The number of primary amides is 1. The monoisotopic (exact) mass is 535 g/mol. The van der Waals surface area contributed by atoms with Crippen LogP contribution in [0.15, 0.2) is 109 Å². The van der Waals surface area contributed by atoms with Gasteiger partial charge in [-0.1, -0.05) is 97.1 Å². The fourth-order valence-corrected chi connectivity index (χ4v) is 4.60. The molecule has 8 heteroatoms. The van der Waals surface area contributed by atoms with Gasteiger partial charge in [-0.15, -0.1) is 0 Å². The van der Waals surface area contributed by atoms with Crippen LogP contribution in [0.25, 0.3) is 0 Å². The van der Waals surface area contributed by atoms with E-state index in [9.17, 15) is 14.4 Å². The second-order valence-electron chi connectivity index (χ2n) is 9.68. The molecule has 7 N–H and O–H groups in total. The number of carbonyl (C=O) groups excluding carboxylic acids is 3. The smallest absolute Gasteiger partial charge is 0.249 e. The molecule has 0 saturated heterocycles. The Morgan fingerprint density at radius 1 is 0.750 bits per heavy atom. The zero-order valence-electron chi connectivity index (χ0n) is 22.2. The molecule has 0 aromatic heterocycles. The van der Waals surface area contributed by atoms with E-state index in [-0.39, 0.29) is 18.4 Å². The molecule has 0 aliphatic carbocycles. The van der Waals surface area contributed by atoms with Crippen LogP contribution in [0.4, 0.5) is 5.69 Å². The predicted octanol–water partition coefficient (Wildman–Crippen LogP) is 3.40. The molecule has 0 saturated carbocycles. The summed E-state index contributed by atoms with van der Waals surface area (Å²) < 4.78 is 0. The van der Waals surface area contributed by atoms with E-state index < -0.39 is 23.9 Å². The van der Waals surface area contributed by atoms with Crippen molar-refractivity contribution in [2.45, 2.75) is 24.5 Å². The molecule has 2 unspecified atom stereocenters. The van der Waals surface area contributed by atoms with Crippen LogP contribution in [0.3, 0.4) is 0 Å². The number of likely N-dealkylation sites (N-methyl/N-ethyl adjacent to an activating group) is 1. The zero-order valence-corrected chi connectivity index (χ0v) is 22.2. The third-order valence-electron chi connectivity index (χ3n) is 6.75. The number of anilines is 1. The van der Waals surface area contributed by atoms with E-state index in [1.165, 1.54) is 4.90 Å². The predicted molar refractivity (Wildman–Crippen MR) is 156 cm³/mol. The van der Waals surface area contributed by atoms with Crippen LogP contribution in [0.2, 0.25) is 0 Å². The van der Waals surface area contributed by atoms with E-state index in [0.717, 1.165) is 16.7 Å². The molecule has 8 nitrogen and oxygen atoms in total. The molecule has 0 fully saturated rings. The largest absolute Gasteiger partial charge is 0.399 e. The van der Waals surface area contributed by atoms with Crippen LogP contribution in [0.5, 0.6) is 0 Å². The molecule has 0 aliphatic heterocycles. The van der Waals surface area contributed by atoms with Crippen LogP contribution < -0.4 is 22.5 Å². The minimum atomic E-state index is -0.974. The van der Waals surface area contributed by atoms with Gasteiger partial charge in [-0.05, 0) is 39.9 Å². The number of nitrogen functional groups attached to an aromatic ring is 1. The Bertz CT molecular complexity index is 1420. The summed E-state index contributed by atoms with van der Waals surface area (Å²) in [6, 6.07) is 31.0. The van der Waals surface area contributed by atoms with Crippen molar-refractivity contribution < 1.29 is 14.4 Å². The molecular weight excluding hydrogens is 502 g/mol. The van der Waals surface area contributed by atoms with Gasteiger partial charge in [0.15, 0.2) is 0 Å². The van der Waals surface area contributed by atoms with Gasteiger partial charge in [0, 0.05) is 19.3 Å². The number of amides is 3. The Hall–Kier alpha value is -4.95. The highest BCUT2D eigenvalue weighted by Gasteiger charge is 2.30. The minimum absolute atomic E-state index is 0.264. The van der Waals surface area contributed by atoms with Crippen molar-refractivity contribution in [1.29, 1.82) is 0 Å². The van der Waals surface area contributed by atoms with Crippen molar-refractivity contribution in [3.8, 4) is 0 Å². The minimum Gasteiger partial charge on any atom is -0.399 e. The molecule has 4 aromatic rings. The highest BCUT2D eigenvalue weighted by molar-refractivity contribution is 5.93. The molecule has 2 atom stereocenters. The summed E-state index contributed by atoms with van der Waals surface area (Å²) in [5.74, 6) is -1.86. The summed E-state index contributed by atoms with van der Waals surface area (Å²) in [5, 5.41) is 3.01. The van der Waals surface area contributed by atoms with Gasteiger partial charge in [0.25, 0.3) is 0 Å². The zero-order chi connectivity index (χ0) is 28.6. The number of nitrogens with zero attached hydrogens (tertiary/aromatic N) is 1. The first-order chi connectivity index (χ1) is 19.2. The van der Waals surface area contributed by atoms with E-state index in [0.29, 0.717) is 16.8 Å². The Labute approximate surface area is 233 Å². The topological polar surface area (TPSA) is 145 Å². The number of nitrogens with two attached hydrogens (primary N) is 3. The maximum atomic E-state index is 13.9. The molecule has 0 radical (unpaired) electrons. The molecule has 0 bridgehead atoms. The number of nitrogens with one attached hydrogen (secondary N) is 1. The summed E-state index contributed by atoms with van der Waals surface area (Å²) >= 11 is 0. The van der Waals surface area contributed by atoms with Gasteiger partial charge in [-0.25, -0.2) is 0 Å². The summed E-state index contributed by atoms with van der Waals surface area (Å²) in [7, 11) is 1.67. The van der Waals surface area contributed by atoms with Gasteiger partial charge >= 0.3 is 0 Å². The van der Waals surface area contributed by atoms with E-state index in [1.807, 2.05) is 60.7 Å². The van der Waals surface area contributed by atoms with Crippen LogP contribution in [-0.4, -0.2) is 29.7 Å². The van der Waals surface area contributed by atoms with Crippen molar-refractivity contribution in [2.24, 2.45) is 11.5 Å². The molecule has 3 amide bonds. The first-order valence-electron chi connectivity index (χ1n) is 12.9. The highest BCUT2D eigenvalue weighted by atomic mass is 16.2. The fraction of sp³-hybridized carbons (Fsp3) is 0.156. The first-order valence-corrected chi connectivity index (χ1v) is 12.9.